The number of pyridine rings is 1. The van der Waals surface area contributed by atoms with Gasteiger partial charge in [-0.05, 0) is 25.0 Å². The summed E-state index contributed by atoms with van der Waals surface area (Å²) in [7, 11) is 0. The van der Waals surface area contributed by atoms with Gasteiger partial charge in [-0.25, -0.2) is 4.79 Å². The summed E-state index contributed by atoms with van der Waals surface area (Å²) in [6.45, 7) is 3.56. The van der Waals surface area contributed by atoms with E-state index in [1.165, 1.54) is 18.2 Å². The van der Waals surface area contributed by atoms with Gasteiger partial charge in [0.2, 0.25) is 0 Å². The van der Waals surface area contributed by atoms with Crippen molar-refractivity contribution in [2.24, 2.45) is 0 Å². The van der Waals surface area contributed by atoms with Crippen LogP contribution < -0.4 is 0 Å². The van der Waals surface area contributed by atoms with Crippen molar-refractivity contribution in [2.45, 2.75) is 20.3 Å². The number of rotatable bonds is 3. The van der Waals surface area contributed by atoms with Crippen LogP contribution in [0.15, 0.2) is 18.2 Å². The summed E-state index contributed by atoms with van der Waals surface area (Å²) in [6, 6.07) is 4.08. The molecule has 19 heavy (non-hydrogen) atoms. The number of carbonyl (C=O) groups is 1. The molecule has 0 radical (unpaired) electrons. The van der Waals surface area contributed by atoms with Crippen LogP contribution in [0.2, 0.25) is 0 Å². The normalized spacial score (nSPS) is 10.6. The monoisotopic (exact) mass is 260 g/mol. The first-order valence-corrected chi connectivity index (χ1v) is 5.76. The van der Waals surface area contributed by atoms with E-state index in [1.807, 2.05) is 6.92 Å². The third kappa shape index (κ3) is 2.12. The highest BCUT2D eigenvalue weighted by atomic mass is 16.6. The number of benzene rings is 1. The van der Waals surface area contributed by atoms with E-state index in [-0.39, 0.29) is 11.3 Å². The fourth-order valence-electron chi connectivity index (χ4n) is 2.13. The maximum atomic E-state index is 11.4. The van der Waals surface area contributed by atoms with E-state index in [2.05, 4.69) is 4.98 Å². The molecule has 0 saturated carbocycles. The molecule has 0 amide bonds. The van der Waals surface area contributed by atoms with E-state index >= 15 is 0 Å². The molecule has 6 nitrogen and oxygen atoms in total. The van der Waals surface area contributed by atoms with Crippen molar-refractivity contribution in [3.63, 3.8) is 0 Å². The maximum absolute atomic E-state index is 11.4. The van der Waals surface area contributed by atoms with Crippen molar-refractivity contribution >= 4 is 22.6 Å². The fourth-order valence-corrected chi connectivity index (χ4v) is 2.13. The predicted molar refractivity (Wildman–Crippen MR) is 69.5 cm³/mol. The lowest BCUT2D eigenvalue weighted by Gasteiger charge is -2.10. The Labute approximate surface area is 108 Å². The average Bonchev–Trinajstić information content (AvgIpc) is 2.36. The number of hydrogen-bond donors (Lipinski definition) is 1. The van der Waals surface area contributed by atoms with Gasteiger partial charge in [0.05, 0.1) is 16.0 Å². The molecule has 0 spiro atoms. The molecule has 0 bridgehead atoms. The number of nitro groups is 1. The largest absolute Gasteiger partial charge is 0.478 e. The fraction of sp³-hybridized carbons (Fsp3) is 0.231. The summed E-state index contributed by atoms with van der Waals surface area (Å²) < 4.78 is 0. The van der Waals surface area contributed by atoms with E-state index in [0.717, 1.165) is 0 Å². The molecule has 6 heteroatoms. The van der Waals surface area contributed by atoms with E-state index in [1.54, 1.807) is 6.92 Å². The van der Waals surface area contributed by atoms with Gasteiger partial charge in [-0.1, -0.05) is 6.92 Å². The Morgan fingerprint density at radius 3 is 2.68 bits per heavy atom. The first-order chi connectivity index (χ1) is 8.95. The van der Waals surface area contributed by atoms with Gasteiger partial charge in [-0.15, -0.1) is 0 Å². The summed E-state index contributed by atoms with van der Waals surface area (Å²) in [6.07, 6.45) is 0.610. The first-order valence-electron chi connectivity index (χ1n) is 5.76. The number of non-ortho nitro benzene ring substituents is 1. The van der Waals surface area contributed by atoms with E-state index < -0.39 is 10.9 Å². The molecule has 2 aromatic rings. The minimum absolute atomic E-state index is 0.0885. The van der Waals surface area contributed by atoms with Crippen LogP contribution in [0.1, 0.15) is 28.5 Å². The summed E-state index contributed by atoms with van der Waals surface area (Å²) in [5.41, 5.74) is 1.66. The zero-order chi connectivity index (χ0) is 14.2. The van der Waals surface area contributed by atoms with Gasteiger partial charge in [-0.2, -0.15) is 0 Å². The van der Waals surface area contributed by atoms with Crippen molar-refractivity contribution in [3.05, 3.63) is 45.1 Å². The molecule has 0 atom stereocenters. The minimum atomic E-state index is -1.10. The number of aryl methyl sites for hydroxylation is 1. The molecular weight excluding hydrogens is 248 g/mol. The Kier molecular flexibility index (Phi) is 3.16. The number of fused-ring (bicyclic) bond motifs is 1. The topological polar surface area (TPSA) is 93.3 Å². The molecule has 0 saturated heterocycles. The highest BCUT2D eigenvalue weighted by molar-refractivity contribution is 6.04. The minimum Gasteiger partial charge on any atom is -0.478 e. The Morgan fingerprint density at radius 2 is 2.16 bits per heavy atom. The maximum Gasteiger partial charge on any atom is 0.336 e. The summed E-state index contributed by atoms with van der Waals surface area (Å²) in [5, 5.41) is 20.4. The van der Waals surface area contributed by atoms with Gasteiger partial charge in [0.25, 0.3) is 5.69 Å². The second-order valence-corrected chi connectivity index (χ2v) is 4.18. The third-order valence-electron chi connectivity index (χ3n) is 3.07. The van der Waals surface area contributed by atoms with Crippen LogP contribution in [0, 0.1) is 17.0 Å². The summed E-state index contributed by atoms with van der Waals surface area (Å²) in [4.78, 5) is 26.0. The molecular formula is C13H12N2O4. The Hall–Kier alpha value is -2.50. The van der Waals surface area contributed by atoms with Gasteiger partial charge in [-0.3, -0.25) is 15.1 Å². The number of nitrogens with zero attached hydrogens (tertiary/aromatic N) is 2. The zero-order valence-corrected chi connectivity index (χ0v) is 10.5. The van der Waals surface area contributed by atoms with E-state index in [9.17, 15) is 20.0 Å². The van der Waals surface area contributed by atoms with Crippen LogP contribution in [0.4, 0.5) is 5.69 Å². The molecule has 0 aliphatic heterocycles. The second kappa shape index (κ2) is 4.64. The average molecular weight is 260 g/mol. The number of aromatic carboxylic acids is 1. The molecule has 98 valence electrons. The van der Waals surface area contributed by atoms with Crippen molar-refractivity contribution in [1.29, 1.82) is 0 Å². The number of carboxylic acids is 1. The summed E-state index contributed by atoms with van der Waals surface area (Å²) >= 11 is 0. The smallest absolute Gasteiger partial charge is 0.336 e. The van der Waals surface area contributed by atoms with Crippen LogP contribution in [0.3, 0.4) is 0 Å². The molecule has 0 aliphatic carbocycles. The van der Waals surface area contributed by atoms with Gasteiger partial charge >= 0.3 is 5.97 Å². The number of nitro benzene ring substituents is 1. The van der Waals surface area contributed by atoms with Crippen LogP contribution in [0.25, 0.3) is 10.9 Å². The predicted octanol–water partition coefficient (Wildman–Crippen LogP) is 2.71. The molecule has 0 fully saturated rings. The quantitative estimate of drug-likeness (QED) is 0.676. The third-order valence-corrected chi connectivity index (χ3v) is 3.07. The van der Waals surface area contributed by atoms with Crippen LogP contribution in [-0.2, 0) is 6.42 Å². The molecule has 1 N–H and O–H groups in total. The van der Waals surface area contributed by atoms with Crippen molar-refractivity contribution in [1.82, 2.24) is 4.98 Å². The SMILES string of the molecule is CCc1nc2ccc([N+](=O)[O-])cc2c(C(=O)O)c1C. The highest BCUT2D eigenvalue weighted by Crippen LogP contribution is 2.27. The molecule has 2 rings (SSSR count). The van der Waals surface area contributed by atoms with Crippen molar-refractivity contribution in [2.75, 3.05) is 0 Å². The Bertz CT molecular complexity index is 695. The molecule has 1 aromatic carbocycles. The van der Waals surface area contributed by atoms with Crippen LogP contribution in [0.5, 0.6) is 0 Å². The highest BCUT2D eigenvalue weighted by Gasteiger charge is 2.18. The lowest BCUT2D eigenvalue weighted by atomic mass is 10.00. The lowest BCUT2D eigenvalue weighted by molar-refractivity contribution is -0.384. The molecule has 1 aromatic heterocycles. The van der Waals surface area contributed by atoms with E-state index in [4.69, 9.17) is 0 Å². The van der Waals surface area contributed by atoms with Gasteiger partial charge in [0.1, 0.15) is 0 Å². The molecule has 0 unspecified atom stereocenters. The standard InChI is InChI=1S/C13H12N2O4/c1-3-10-7(2)12(13(16)17)9-6-8(15(18)19)4-5-11(9)14-10/h4-6H,3H2,1-2H3,(H,16,17). The zero-order valence-electron chi connectivity index (χ0n) is 10.5. The van der Waals surface area contributed by atoms with Crippen molar-refractivity contribution in [3.8, 4) is 0 Å². The first kappa shape index (κ1) is 12.9. The molecule has 1 heterocycles. The second-order valence-electron chi connectivity index (χ2n) is 4.18. The molecule has 0 aliphatic rings. The van der Waals surface area contributed by atoms with Gasteiger partial charge in [0.15, 0.2) is 0 Å². The Balaban J connectivity index is 2.89. The number of carboxylic acid groups (broad SMARTS) is 1. The summed E-state index contributed by atoms with van der Waals surface area (Å²) in [5.74, 6) is -1.10. The Morgan fingerprint density at radius 1 is 1.47 bits per heavy atom. The lowest BCUT2D eigenvalue weighted by Crippen LogP contribution is -2.06. The van der Waals surface area contributed by atoms with E-state index in [0.29, 0.717) is 28.6 Å². The van der Waals surface area contributed by atoms with Crippen molar-refractivity contribution < 1.29 is 14.8 Å². The van der Waals surface area contributed by atoms with Crippen LogP contribution >= 0.6 is 0 Å². The van der Waals surface area contributed by atoms with Crippen LogP contribution in [-0.4, -0.2) is 21.0 Å². The number of aromatic nitrogens is 1. The number of hydrogen-bond acceptors (Lipinski definition) is 4. The van der Waals surface area contributed by atoms with Gasteiger partial charge < -0.3 is 5.11 Å². The van der Waals surface area contributed by atoms with Gasteiger partial charge in [0, 0.05) is 23.2 Å².